The lowest BCUT2D eigenvalue weighted by molar-refractivity contribution is 0.192. The Balaban J connectivity index is 2.95. The zero-order valence-corrected chi connectivity index (χ0v) is 10.2. The van der Waals surface area contributed by atoms with E-state index in [0.29, 0.717) is 10.6 Å². The van der Waals surface area contributed by atoms with Crippen LogP contribution in [0, 0.1) is 0 Å². The number of hydrogen-bond acceptors (Lipinski definition) is 3. The van der Waals surface area contributed by atoms with E-state index < -0.39 is 20.7 Å². The SMILES string of the molecule is CS(=O)(=O)[C@H](Cl)[C@H](O)c1ccc(Cl)cc1. The van der Waals surface area contributed by atoms with Crippen molar-refractivity contribution in [1.82, 2.24) is 0 Å². The van der Waals surface area contributed by atoms with Crippen molar-refractivity contribution in [2.75, 3.05) is 6.26 Å². The third kappa shape index (κ3) is 3.34. The second-order valence-corrected chi connectivity index (χ2v) is 6.51. The average molecular weight is 269 g/mol. The lowest BCUT2D eigenvalue weighted by atomic mass is 10.1. The number of halogens is 2. The largest absolute Gasteiger partial charge is 0.386 e. The molecule has 1 N–H and O–H groups in total. The van der Waals surface area contributed by atoms with Crippen LogP contribution in [-0.4, -0.2) is 24.5 Å². The summed E-state index contributed by atoms with van der Waals surface area (Å²) in [5.41, 5.74) is 0.421. The molecule has 15 heavy (non-hydrogen) atoms. The van der Waals surface area contributed by atoms with Crippen LogP contribution in [0.3, 0.4) is 0 Å². The Hall–Kier alpha value is -0.290. The molecule has 2 atom stereocenters. The molecule has 0 aromatic heterocycles. The lowest BCUT2D eigenvalue weighted by Crippen LogP contribution is -2.21. The molecule has 0 bridgehead atoms. The summed E-state index contributed by atoms with van der Waals surface area (Å²) in [6.07, 6.45) is -0.275. The quantitative estimate of drug-likeness (QED) is 0.854. The fourth-order valence-electron chi connectivity index (χ4n) is 1.05. The van der Waals surface area contributed by atoms with Gasteiger partial charge < -0.3 is 5.11 Å². The van der Waals surface area contributed by atoms with E-state index >= 15 is 0 Å². The van der Waals surface area contributed by atoms with Crippen LogP contribution in [0.4, 0.5) is 0 Å². The minimum absolute atomic E-state index is 0.421. The first kappa shape index (κ1) is 12.8. The fourth-order valence-corrected chi connectivity index (χ4v) is 1.94. The molecule has 0 spiro atoms. The molecule has 6 heteroatoms. The van der Waals surface area contributed by atoms with Gasteiger partial charge in [-0.25, -0.2) is 8.42 Å². The van der Waals surface area contributed by atoms with Gasteiger partial charge in [0.15, 0.2) is 14.5 Å². The molecule has 0 aliphatic carbocycles. The molecular weight excluding hydrogens is 259 g/mol. The molecule has 3 nitrogen and oxygen atoms in total. The molecular formula is C9H10Cl2O3S. The fraction of sp³-hybridized carbons (Fsp3) is 0.333. The first-order valence-electron chi connectivity index (χ1n) is 4.09. The van der Waals surface area contributed by atoms with Gasteiger partial charge in [0.05, 0.1) is 0 Å². The van der Waals surface area contributed by atoms with Crippen LogP contribution in [0.5, 0.6) is 0 Å². The van der Waals surface area contributed by atoms with E-state index in [1.54, 1.807) is 12.1 Å². The number of aliphatic hydroxyl groups is 1. The molecule has 1 aromatic carbocycles. The van der Waals surface area contributed by atoms with Gasteiger partial charge in [-0.15, -0.1) is 11.6 Å². The predicted octanol–water partition coefficient (Wildman–Crippen LogP) is 1.98. The number of alkyl halides is 1. The molecule has 1 aromatic rings. The molecule has 0 aliphatic rings. The van der Waals surface area contributed by atoms with Crippen molar-refractivity contribution in [3.05, 3.63) is 34.9 Å². The number of sulfone groups is 1. The Morgan fingerprint density at radius 3 is 2.13 bits per heavy atom. The average Bonchev–Trinajstić information content (AvgIpc) is 2.15. The summed E-state index contributed by atoms with van der Waals surface area (Å²) in [6.45, 7) is 0. The summed E-state index contributed by atoms with van der Waals surface area (Å²) in [7, 11) is -3.48. The minimum Gasteiger partial charge on any atom is -0.386 e. The van der Waals surface area contributed by atoms with Gasteiger partial charge in [0.25, 0.3) is 0 Å². The highest BCUT2D eigenvalue weighted by atomic mass is 35.5. The van der Waals surface area contributed by atoms with Gasteiger partial charge >= 0.3 is 0 Å². The number of rotatable bonds is 3. The Bertz CT molecular complexity index is 427. The molecule has 0 aliphatic heterocycles. The van der Waals surface area contributed by atoms with Crippen LogP contribution in [0.2, 0.25) is 5.02 Å². The summed E-state index contributed by atoms with van der Waals surface area (Å²) in [4.78, 5) is 0. The van der Waals surface area contributed by atoms with Crippen molar-refractivity contribution < 1.29 is 13.5 Å². The van der Waals surface area contributed by atoms with Crippen LogP contribution in [0.15, 0.2) is 24.3 Å². The monoisotopic (exact) mass is 268 g/mol. The van der Waals surface area contributed by atoms with Gasteiger partial charge in [0, 0.05) is 11.3 Å². The molecule has 0 fully saturated rings. The van der Waals surface area contributed by atoms with E-state index in [1.165, 1.54) is 12.1 Å². The van der Waals surface area contributed by atoms with Gasteiger partial charge in [0.2, 0.25) is 0 Å². The third-order valence-corrected chi connectivity index (χ3v) is 4.41. The second kappa shape index (κ2) is 4.70. The summed E-state index contributed by atoms with van der Waals surface area (Å²) >= 11 is 11.3. The highest BCUT2D eigenvalue weighted by Gasteiger charge is 2.27. The number of benzene rings is 1. The van der Waals surface area contributed by atoms with Crippen molar-refractivity contribution >= 4 is 33.0 Å². The van der Waals surface area contributed by atoms with E-state index in [4.69, 9.17) is 23.2 Å². The first-order chi connectivity index (χ1) is 6.82. The van der Waals surface area contributed by atoms with Crippen LogP contribution < -0.4 is 0 Å². The maximum atomic E-state index is 11.1. The molecule has 0 heterocycles. The van der Waals surface area contributed by atoms with Crippen LogP contribution in [-0.2, 0) is 9.84 Å². The van der Waals surface area contributed by atoms with Crippen LogP contribution in [0.25, 0.3) is 0 Å². The van der Waals surface area contributed by atoms with Crippen molar-refractivity contribution in [2.24, 2.45) is 0 Å². The van der Waals surface area contributed by atoms with Gasteiger partial charge in [-0.2, -0.15) is 0 Å². The summed E-state index contributed by atoms with van der Waals surface area (Å²) in [6, 6.07) is 6.19. The predicted molar refractivity (Wildman–Crippen MR) is 60.9 cm³/mol. The molecule has 0 amide bonds. The van der Waals surface area contributed by atoms with Crippen LogP contribution >= 0.6 is 23.2 Å². The highest BCUT2D eigenvalue weighted by molar-refractivity contribution is 7.92. The molecule has 0 saturated carbocycles. The van der Waals surface area contributed by atoms with E-state index in [2.05, 4.69) is 0 Å². The first-order valence-corrected chi connectivity index (χ1v) is 6.86. The topological polar surface area (TPSA) is 54.4 Å². The molecule has 0 unspecified atom stereocenters. The number of hydrogen-bond donors (Lipinski definition) is 1. The standard InChI is InChI=1S/C9H10Cl2O3S/c1-15(13,14)9(11)8(12)6-2-4-7(10)5-3-6/h2-5,8-9,12H,1H3/t8-,9+/m1/s1. The second-order valence-electron chi connectivity index (χ2n) is 3.18. The van der Waals surface area contributed by atoms with Gasteiger partial charge in [-0.05, 0) is 17.7 Å². The van der Waals surface area contributed by atoms with Gasteiger partial charge in [0.1, 0.15) is 6.10 Å². The smallest absolute Gasteiger partial charge is 0.167 e. The molecule has 0 radical (unpaired) electrons. The van der Waals surface area contributed by atoms with Crippen molar-refractivity contribution in [1.29, 1.82) is 0 Å². The number of aliphatic hydroxyl groups excluding tert-OH is 1. The Kier molecular flexibility index (Phi) is 4.00. The maximum absolute atomic E-state index is 11.1. The van der Waals surface area contributed by atoms with E-state index in [-0.39, 0.29) is 0 Å². The van der Waals surface area contributed by atoms with Crippen molar-refractivity contribution in [3.8, 4) is 0 Å². The maximum Gasteiger partial charge on any atom is 0.167 e. The molecule has 1 rings (SSSR count). The minimum atomic E-state index is -3.48. The lowest BCUT2D eigenvalue weighted by Gasteiger charge is -2.15. The summed E-state index contributed by atoms with van der Waals surface area (Å²) in [5.74, 6) is 0. The summed E-state index contributed by atoms with van der Waals surface area (Å²) in [5, 5.41) is 10.2. The van der Waals surface area contributed by atoms with Crippen molar-refractivity contribution in [3.63, 3.8) is 0 Å². The van der Waals surface area contributed by atoms with E-state index in [9.17, 15) is 13.5 Å². The molecule has 84 valence electrons. The Morgan fingerprint density at radius 1 is 1.27 bits per heavy atom. The van der Waals surface area contributed by atoms with E-state index in [0.717, 1.165) is 6.26 Å². The van der Waals surface area contributed by atoms with Gasteiger partial charge in [-0.1, -0.05) is 23.7 Å². The summed E-state index contributed by atoms with van der Waals surface area (Å²) < 4.78 is 20.8. The van der Waals surface area contributed by atoms with Crippen molar-refractivity contribution in [2.45, 2.75) is 10.8 Å². The third-order valence-electron chi connectivity index (χ3n) is 1.87. The normalized spacial score (nSPS) is 16.0. The Morgan fingerprint density at radius 2 is 1.73 bits per heavy atom. The van der Waals surface area contributed by atoms with Crippen LogP contribution in [0.1, 0.15) is 11.7 Å². The van der Waals surface area contributed by atoms with E-state index in [1.807, 2.05) is 0 Å². The zero-order valence-electron chi connectivity index (χ0n) is 7.89. The zero-order chi connectivity index (χ0) is 11.6. The highest BCUT2D eigenvalue weighted by Crippen LogP contribution is 2.25. The Labute approximate surface area is 98.6 Å². The molecule has 0 saturated heterocycles. The van der Waals surface area contributed by atoms with Gasteiger partial charge in [-0.3, -0.25) is 0 Å².